The van der Waals surface area contributed by atoms with Gasteiger partial charge in [-0.3, -0.25) is 4.90 Å². The predicted molar refractivity (Wildman–Crippen MR) is 75.2 cm³/mol. The van der Waals surface area contributed by atoms with E-state index in [-0.39, 0.29) is 0 Å². The molecule has 1 aromatic carbocycles. The molecule has 3 heteroatoms. The van der Waals surface area contributed by atoms with E-state index < -0.39 is 0 Å². The highest BCUT2D eigenvalue weighted by Crippen LogP contribution is 2.26. The Labute approximate surface area is 110 Å². The molecule has 0 bridgehead atoms. The largest absolute Gasteiger partial charge is 0.494 e. The fourth-order valence-corrected chi connectivity index (χ4v) is 2.53. The third-order valence-electron chi connectivity index (χ3n) is 3.68. The molecule has 0 saturated carbocycles. The molecule has 0 aromatic heterocycles. The van der Waals surface area contributed by atoms with E-state index in [0.717, 1.165) is 38.5 Å². The van der Waals surface area contributed by atoms with Crippen molar-refractivity contribution in [2.75, 3.05) is 32.8 Å². The number of nitrogens with zero attached hydrogens (tertiary/aromatic N) is 1. The van der Waals surface area contributed by atoms with Crippen LogP contribution < -0.4 is 10.1 Å². The van der Waals surface area contributed by atoms with Crippen LogP contribution in [0.15, 0.2) is 18.2 Å². The maximum atomic E-state index is 5.59. The lowest BCUT2D eigenvalue weighted by Gasteiger charge is -2.33. The molecule has 1 aromatic rings. The zero-order chi connectivity index (χ0) is 13.0. The fourth-order valence-electron chi connectivity index (χ4n) is 2.53. The summed E-state index contributed by atoms with van der Waals surface area (Å²) in [5, 5.41) is 3.40. The zero-order valence-corrected chi connectivity index (χ0v) is 11.7. The molecule has 1 N–H and O–H groups in total. The van der Waals surface area contributed by atoms with E-state index in [1.165, 1.54) is 11.1 Å². The van der Waals surface area contributed by atoms with Crippen LogP contribution in [0.4, 0.5) is 0 Å². The normalized spacial score (nSPS) is 18.6. The molecule has 100 valence electrons. The van der Waals surface area contributed by atoms with Gasteiger partial charge >= 0.3 is 0 Å². The number of hydrogen-bond donors (Lipinski definition) is 1. The van der Waals surface area contributed by atoms with Crippen molar-refractivity contribution >= 4 is 0 Å². The number of hydrogen-bond acceptors (Lipinski definition) is 3. The summed E-state index contributed by atoms with van der Waals surface area (Å²) in [6.07, 6.45) is 0. The summed E-state index contributed by atoms with van der Waals surface area (Å²) >= 11 is 0. The maximum Gasteiger partial charge on any atom is 0.122 e. The summed E-state index contributed by atoms with van der Waals surface area (Å²) in [5.74, 6) is 1.01. The van der Waals surface area contributed by atoms with E-state index in [4.69, 9.17) is 4.74 Å². The van der Waals surface area contributed by atoms with E-state index in [9.17, 15) is 0 Å². The molecular formula is C15H24N2O. The molecule has 1 aliphatic heterocycles. The highest BCUT2D eigenvalue weighted by atomic mass is 16.5. The van der Waals surface area contributed by atoms with E-state index in [0.29, 0.717) is 6.04 Å². The smallest absolute Gasteiger partial charge is 0.122 e. The molecule has 1 aliphatic rings. The summed E-state index contributed by atoms with van der Waals surface area (Å²) < 4.78 is 5.59. The summed E-state index contributed by atoms with van der Waals surface area (Å²) in [6, 6.07) is 7.05. The van der Waals surface area contributed by atoms with E-state index >= 15 is 0 Å². The Kier molecular flexibility index (Phi) is 4.61. The van der Waals surface area contributed by atoms with Gasteiger partial charge in [0.2, 0.25) is 0 Å². The first-order chi connectivity index (χ1) is 8.72. The second kappa shape index (κ2) is 6.21. The molecule has 1 atom stereocenters. The van der Waals surface area contributed by atoms with Crippen molar-refractivity contribution in [3.05, 3.63) is 29.3 Å². The van der Waals surface area contributed by atoms with Crippen LogP contribution in [0.25, 0.3) is 0 Å². The third-order valence-corrected chi connectivity index (χ3v) is 3.68. The second-order valence-corrected chi connectivity index (χ2v) is 4.92. The van der Waals surface area contributed by atoms with Gasteiger partial charge in [0.1, 0.15) is 5.75 Å². The number of piperazine rings is 1. The van der Waals surface area contributed by atoms with Gasteiger partial charge in [0, 0.05) is 32.2 Å². The molecule has 2 rings (SSSR count). The fraction of sp³-hybridized carbons (Fsp3) is 0.600. The standard InChI is InChI=1S/C15H24N2O/c1-4-18-15-6-5-14(11-12(15)2)13(3)17-9-7-16-8-10-17/h5-6,11,13,16H,4,7-10H2,1-3H3. The maximum absolute atomic E-state index is 5.59. The van der Waals surface area contributed by atoms with E-state index in [1.807, 2.05) is 6.92 Å². The molecule has 0 aliphatic carbocycles. The molecular weight excluding hydrogens is 224 g/mol. The van der Waals surface area contributed by atoms with Crippen molar-refractivity contribution in [2.24, 2.45) is 0 Å². The molecule has 0 amide bonds. The lowest BCUT2D eigenvalue weighted by molar-refractivity contribution is 0.185. The van der Waals surface area contributed by atoms with Gasteiger partial charge in [0.25, 0.3) is 0 Å². The molecule has 0 radical (unpaired) electrons. The Morgan fingerprint density at radius 2 is 2.06 bits per heavy atom. The van der Waals surface area contributed by atoms with Crippen LogP contribution in [-0.4, -0.2) is 37.7 Å². The van der Waals surface area contributed by atoms with Crippen molar-refractivity contribution in [2.45, 2.75) is 26.8 Å². The summed E-state index contributed by atoms with van der Waals surface area (Å²) in [7, 11) is 0. The van der Waals surface area contributed by atoms with Gasteiger partial charge in [-0.1, -0.05) is 12.1 Å². The Hall–Kier alpha value is -1.06. The van der Waals surface area contributed by atoms with Crippen LogP contribution in [0.1, 0.15) is 31.0 Å². The van der Waals surface area contributed by atoms with Crippen molar-refractivity contribution in [1.82, 2.24) is 10.2 Å². The Balaban J connectivity index is 2.10. The number of aryl methyl sites for hydroxylation is 1. The molecule has 1 saturated heterocycles. The Bertz CT molecular complexity index is 386. The monoisotopic (exact) mass is 248 g/mol. The average Bonchev–Trinajstić information content (AvgIpc) is 2.41. The van der Waals surface area contributed by atoms with Crippen LogP contribution in [0.3, 0.4) is 0 Å². The number of benzene rings is 1. The minimum atomic E-state index is 0.487. The topological polar surface area (TPSA) is 24.5 Å². The highest BCUT2D eigenvalue weighted by molar-refractivity contribution is 5.37. The van der Waals surface area contributed by atoms with Gasteiger partial charge in [-0.2, -0.15) is 0 Å². The Morgan fingerprint density at radius 1 is 1.33 bits per heavy atom. The highest BCUT2D eigenvalue weighted by Gasteiger charge is 2.18. The molecule has 18 heavy (non-hydrogen) atoms. The van der Waals surface area contributed by atoms with Gasteiger partial charge in [-0.05, 0) is 38.0 Å². The number of ether oxygens (including phenoxy) is 1. The van der Waals surface area contributed by atoms with Crippen LogP contribution in [0.2, 0.25) is 0 Å². The van der Waals surface area contributed by atoms with Gasteiger partial charge in [-0.25, -0.2) is 0 Å². The van der Waals surface area contributed by atoms with Crippen LogP contribution in [0.5, 0.6) is 5.75 Å². The van der Waals surface area contributed by atoms with Gasteiger partial charge in [0.15, 0.2) is 0 Å². The SMILES string of the molecule is CCOc1ccc(C(C)N2CCNCC2)cc1C. The van der Waals surface area contributed by atoms with Crippen molar-refractivity contribution in [3.63, 3.8) is 0 Å². The predicted octanol–water partition coefficient (Wildman–Crippen LogP) is 2.36. The Morgan fingerprint density at radius 3 is 2.67 bits per heavy atom. The first kappa shape index (κ1) is 13.4. The van der Waals surface area contributed by atoms with E-state index in [2.05, 4.69) is 42.3 Å². The van der Waals surface area contributed by atoms with Crippen molar-refractivity contribution in [3.8, 4) is 5.75 Å². The summed E-state index contributed by atoms with van der Waals surface area (Å²) in [5.41, 5.74) is 2.62. The van der Waals surface area contributed by atoms with Crippen LogP contribution >= 0.6 is 0 Å². The quantitative estimate of drug-likeness (QED) is 0.885. The van der Waals surface area contributed by atoms with Crippen molar-refractivity contribution in [1.29, 1.82) is 0 Å². The summed E-state index contributed by atoms with van der Waals surface area (Å²) in [6.45, 7) is 11.6. The first-order valence-corrected chi connectivity index (χ1v) is 6.90. The zero-order valence-electron chi connectivity index (χ0n) is 11.7. The van der Waals surface area contributed by atoms with Gasteiger partial charge in [-0.15, -0.1) is 0 Å². The lowest BCUT2D eigenvalue weighted by Crippen LogP contribution is -2.44. The minimum absolute atomic E-state index is 0.487. The molecule has 3 nitrogen and oxygen atoms in total. The number of nitrogens with one attached hydrogen (secondary N) is 1. The third kappa shape index (κ3) is 3.03. The minimum Gasteiger partial charge on any atom is -0.494 e. The lowest BCUT2D eigenvalue weighted by atomic mass is 10.0. The molecule has 0 spiro atoms. The molecule has 1 unspecified atom stereocenters. The number of rotatable bonds is 4. The second-order valence-electron chi connectivity index (χ2n) is 4.92. The first-order valence-electron chi connectivity index (χ1n) is 6.90. The van der Waals surface area contributed by atoms with Gasteiger partial charge in [0.05, 0.1) is 6.61 Å². The summed E-state index contributed by atoms with van der Waals surface area (Å²) in [4.78, 5) is 2.53. The van der Waals surface area contributed by atoms with E-state index in [1.54, 1.807) is 0 Å². The van der Waals surface area contributed by atoms with Crippen molar-refractivity contribution < 1.29 is 4.74 Å². The molecule has 1 fully saturated rings. The van der Waals surface area contributed by atoms with Crippen LogP contribution in [-0.2, 0) is 0 Å². The van der Waals surface area contributed by atoms with Crippen LogP contribution in [0, 0.1) is 6.92 Å². The average molecular weight is 248 g/mol. The van der Waals surface area contributed by atoms with Gasteiger partial charge < -0.3 is 10.1 Å². The molecule has 1 heterocycles.